The molecule has 0 radical (unpaired) electrons. The van der Waals surface area contributed by atoms with E-state index in [2.05, 4.69) is 27.0 Å². The lowest BCUT2D eigenvalue weighted by Crippen LogP contribution is -2.23. The molecule has 0 saturated heterocycles. The minimum absolute atomic E-state index is 0.167. The highest BCUT2D eigenvalue weighted by atomic mass is 16.1. The van der Waals surface area contributed by atoms with Crippen molar-refractivity contribution in [1.29, 1.82) is 0 Å². The minimum atomic E-state index is -0.167. The fraction of sp³-hybridized carbons (Fsp3) is 0.385. The molecule has 1 aliphatic rings. The number of rotatable bonds is 4. The molecule has 0 saturated carbocycles. The van der Waals surface area contributed by atoms with Gasteiger partial charge in [-0.3, -0.25) is 9.78 Å². The van der Waals surface area contributed by atoms with Crippen molar-refractivity contribution in [2.45, 2.75) is 6.42 Å². The van der Waals surface area contributed by atoms with Gasteiger partial charge in [-0.2, -0.15) is 0 Å². The summed E-state index contributed by atoms with van der Waals surface area (Å²) >= 11 is 0. The van der Waals surface area contributed by atoms with Gasteiger partial charge in [0.1, 0.15) is 5.69 Å². The standard InChI is InChI=1S/C13H18N4O/c1-14-13(18)12-8-11(4-7-16-12)17-9-10-2-5-15-6-3-10/h2,4,7-8,15H,3,5-6,9H2,1H3,(H,14,18)(H,16,17). The van der Waals surface area contributed by atoms with E-state index in [4.69, 9.17) is 0 Å². The Labute approximate surface area is 107 Å². The molecule has 0 fully saturated rings. The van der Waals surface area contributed by atoms with Gasteiger partial charge in [-0.1, -0.05) is 11.6 Å². The number of nitrogens with zero attached hydrogens (tertiary/aromatic N) is 1. The van der Waals surface area contributed by atoms with Crippen molar-refractivity contribution in [3.63, 3.8) is 0 Å². The zero-order valence-corrected chi connectivity index (χ0v) is 10.5. The van der Waals surface area contributed by atoms with Crippen LogP contribution >= 0.6 is 0 Å². The van der Waals surface area contributed by atoms with Crippen LogP contribution in [0, 0.1) is 0 Å². The topological polar surface area (TPSA) is 66.1 Å². The van der Waals surface area contributed by atoms with Crippen molar-refractivity contribution in [3.05, 3.63) is 35.7 Å². The number of aromatic nitrogens is 1. The lowest BCUT2D eigenvalue weighted by atomic mass is 10.1. The first-order chi connectivity index (χ1) is 8.79. The Morgan fingerprint density at radius 3 is 3.17 bits per heavy atom. The third kappa shape index (κ3) is 3.30. The van der Waals surface area contributed by atoms with E-state index in [0.717, 1.165) is 31.7 Å². The van der Waals surface area contributed by atoms with E-state index in [0.29, 0.717) is 5.69 Å². The highest BCUT2D eigenvalue weighted by molar-refractivity contribution is 5.92. The molecular weight excluding hydrogens is 228 g/mol. The maximum absolute atomic E-state index is 11.5. The summed E-state index contributed by atoms with van der Waals surface area (Å²) < 4.78 is 0. The van der Waals surface area contributed by atoms with Crippen molar-refractivity contribution in [3.8, 4) is 0 Å². The second-order valence-electron chi connectivity index (χ2n) is 4.18. The van der Waals surface area contributed by atoms with Crippen LogP contribution < -0.4 is 16.0 Å². The summed E-state index contributed by atoms with van der Waals surface area (Å²) in [5.74, 6) is -0.167. The van der Waals surface area contributed by atoms with E-state index in [1.54, 1.807) is 19.3 Å². The summed E-state index contributed by atoms with van der Waals surface area (Å²) in [6.07, 6.45) is 4.92. The number of hydrogen-bond donors (Lipinski definition) is 3. The van der Waals surface area contributed by atoms with Gasteiger partial charge >= 0.3 is 0 Å². The number of anilines is 1. The van der Waals surface area contributed by atoms with Gasteiger partial charge in [0, 0.05) is 32.0 Å². The zero-order valence-electron chi connectivity index (χ0n) is 10.5. The predicted octanol–water partition coefficient (Wildman–Crippen LogP) is 0.773. The minimum Gasteiger partial charge on any atom is -0.381 e. The first-order valence-corrected chi connectivity index (χ1v) is 6.10. The molecule has 0 bridgehead atoms. The van der Waals surface area contributed by atoms with Gasteiger partial charge in [-0.25, -0.2) is 0 Å². The summed E-state index contributed by atoms with van der Waals surface area (Å²) in [4.78, 5) is 15.5. The van der Waals surface area contributed by atoms with Crippen LogP contribution in [0.15, 0.2) is 30.0 Å². The molecule has 0 unspecified atom stereocenters. The maximum atomic E-state index is 11.5. The molecule has 0 aromatic carbocycles. The predicted molar refractivity (Wildman–Crippen MR) is 71.7 cm³/mol. The van der Waals surface area contributed by atoms with Crippen molar-refractivity contribution in [2.75, 3.05) is 32.0 Å². The smallest absolute Gasteiger partial charge is 0.269 e. The second kappa shape index (κ2) is 6.16. The van der Waals surface area contributed by atoms with Crippen LogP contribution in [0.25, 0.3) is 0 Å². The molecule has 5 heteroatoms. The van der Waals surface area contributed by atoms with Crippen molar-refractivity contribution in [2.24, 2.45) is 0 Å². The van der Waals surface area contributed by atoms with Crippen molar-refractivity contribution < 1.29 is 4.79 Å². The number of hydrogen-bond acceptors (Lipinski definition) is 4. The number of amides is 1. The number of carbonyl (C=O) groups is 1. The molecule has 1 aliphatic heterocycles. The molecule has 0 aliphatic carbocycles. The van der Waals surface area contributed by atoms with E-state index in [9.17, 15) is 4.79 Å². The van der Waals surface area contributed by atoms with Crippen LogP contribution in [0.3, 0.4) is 0 Å². The first-order valence-electron chi connectivity index (χ1n) is 6.10. The maximum Gasteiger partial charge on any atom is 0.269 e. The second-order valence-corrected chi connectivity index (χ2v) is 4.18. The summed E-state index contributed by atoms with van der Waals surface area (Å²) in [6.45, 7) is 2.79. The van der Waals surface area contributed by atoms with E-state index >= 15 is 0 Å². The Hall–Kier alpha value is -1.88. The molecular formula is C13H18N4O. The van der Waals surface area contributed by atoms with Crippen LogP contribution in [-0.4, -0.2) is 37.6 Å². The van der Waals surface area contributed by atoms with Crippen LogP contribution in [-0.2, 0) is 0 Å². The molecule has 5 nitrogen and oxygen atoms in total. The first kappa shape index (κ1) is 12.6. The fourth-order valence-corrected chi connectivity index (χ4v) is 1.84. The Balaban J connectivity index is 1.96. The molecule has 0 atom stereocenters. The summed E-state index contributed by atoms with van der Waals surface area (Å²) in [6, 6.07) is 3.63. The van der Waals surface area contributed by atoms with Crippen LogP contribution in [0.1, 0.15) is 16.9 Å². The van der Waals surface area contributed by atoms with E-state index in [1.165, 1.54) is 5.57 Å². The molecule has 2 rings (SSSR count). The number of pyridine rings is 1. The van der Waals surface area contributed by atoms with Gasteiger partial charge in [-0.15, -0.1) is 0 Å². The summed E-state index contributed by atoms with van der Waals surface area (Å²) in [5, 5.41) is 9.16. The average Bonchev–Trinajstić information content (AvgIpc) is 2.45. The number of nitrogens with one attached hydrogen (secondary N) is 3. The third-order valence-corrected chi connectivity index (χ3v) is 2.90. The molecule has 3 N–H and O–H groups in total. The summed E-state index contributed by atoms with van der Waals surface area (Å²) in [7, 11) is 1.60. The normalized spacial score (nSPS) is 14.8. The Bertz CT molecular complexity index is 456. The van der Waals surface area contributed by atoms with E-state index in [1.807, 2.05) is 6.07 Å². The largest absolute Gasteiger partial charge is 0.381 e. The van der Waals surface area contributed by atoms with Gasteiger partial charge < -0.3 is 16.0 Å². The van der Waals surface area contributed by atoms with Crippen LogP contribution in [0.4, 0.5) is 5.69 Å². The molecule has 1 aromatic rings. The zero-order chi connectivity index (χ0) is 12.8. The molecule has 1 aromatic heterocycles. The Morgan fingerprint density at radius 2 is 2.44 bits per heavy atom. The fourth-order valence-electron chi connectivity index (χ4n) is 1.84. The van der Waals surface area contributed by atoms with E-state index in [-0.39, 0.29) is 5.91 Å². The Kier molecular flexibility index (Phi) is 4.30. The monoisotopic (exact) mass is 246 g/mol. The summed E-state index contributed by atoms with van der Waals surface area (Å²) in [5.41, 5.74) is 2.75. The average molecular weight is 246 g/mol. The molecule has 0 spiro atoms. The SMILES string of the molecule is CNC(=O)c1cc(NCC2=CCNCC2)ccn1. The molecule has 96 valence electrons. The third-order valence-electron chi connectivity index (χ3n) is 2.90. The molecule has 1 amide bonds. The van der Waals surface area contributed by atoms with Gasteiger partial charge in [-0.05, 0) is 25.1 Å². The van der Waals surface area contributed by atoms with Gasteiger partial charge in [0.2, 0.25) is 0 Å². The Morgan fingerprint density at radius 1 is 1.56 bits per heavy atom. The van der Waals surface area contributed by atoms with Gasteiger partial charge in [0.15, 0.2) is 0 Å². The lowest BCUT2D eigenvalue weighted by molar-refractivity contribution is 0.0958. The number of carbonyl (C=O) groups excluding carboxylic acids is 1. The highest BCUT2D eigenvalue weighted by Gasteiger charge is 2.06. The molecule has 18 heavy (non-hydrogen) atoms. The quantitative estimate of drug-likeness (QED) is 0.687. The van der Waals surface area contributed by atoms with Gasteiger partial charge in [0.05, 0.1) is 0 Å². The van der Waals surface area contributed by atoms with Gasteiger partial charge in [0.25, 0.3) is 5.91 Å². The van der Waals surface area contributed by atoms with Crippen LogP contribution in [0.5, 0.6) is 0 Å². The highest BCUT2D eigenvalue weighted by Crippen LogP contribution is 2.10. The van der Waals surface area contributed by atoms with Crippen molar-refractivity contribution in [1.82, 2.24) is 15.6 Å². The van der Waals surface area contributed by atoms with Crippen LogP contribution in [0.2, 0.25) is 0 Å². The van der Waals surface area contributed by atoms with E-state index < -0.39 is 0 Å². The van der Waals surface area contributed by atoms with Crippen molar-refractivity contribution >= 4 is 11.6 Å². The molecule has 2 heterocycles. The lowest BCUT2D eigenvalue weighted by Gasteiger charge is -2.15.